The quantitative estimate of drug-likeness (QED) is 0.892. The molecule has 0 bridgehead atoms. The van der Waals surface area contributed by atoms with Gasteiger partial charge < -0.3 is 15.2 Å². The summed E-state index contributed by atoms with van der Waals surface area (Å²) in [5, 5.41) is 0. The maximum absolute atomic E-state index is 5.98. The van der Waals surface area contributed by atoms with Crippen LogP contribution in [0.4, 0.5) is 0 Å². The van der Waals surface area contributed by atoms with E-state index < -0.39 is 0 Å². The summed E-state index contributed by atoms with van der Waals surface area (Å²) in [6.45, 7) is 6.56. The molecular weight excluding hydrogens is 226 g/mol. The van der Waals surface area contributed by atoms with E-state index in [2.05, 4.69) is 25.1 Å². The van der Waals surface area contributed by atoms with E-state index in [1.165, 1.54) is 5.56 Å². The van der Waals surface area contributed by atoms with Crippen molar-refractivity contribution in [1.82, 2.24) is 0 Å². The first-order valence-electron chi connectivity index (χ1n) is 6.73. The van der Waals surface area contributed by atoms with Gasteiger partial charge in [0.15, 0.2) is 0 Å². The van der Waals surface area contributed by atoms with Gasteiger partial charge in [-0.3, -0.25) is 0 Å². The van der Waals surface area contributed by atoms with Crippen LogP contribution in [0.3, 0.4) is 0 Å². The zero-order chi connectivity index (χ0) is 13.0. The molecule has 1 aliphatic rings. The third-order valence-corrected chi connectivity index (χ3v) is 3.48. The van der Waals surface area contributed by atoms with E-state index in [0.717, 1.165) is 44.0 Å². The molecule has 0 spiro atoms. The van der Waals surface area contributed by atoms with Crippen molar-refractivity contribution in [2.45, 2.75) is 32.7 Å². The summed E-state index contributed by atoms with van der Waals surface area (Å²) in [5.74, 6) is 1.55. The first-order chi connectivity index (χ1) is 8.66. The van der Waals surface area contributed by atoms with Crippen LogP contribution in [0, 0.1) is 12.8 Å². The number of ether oxygens (including phenoxy) is 2. The van der Waals surface area contributed by atoms with Crippen LogP contribution in [0.2, 0.25) is 0 Å². The maximum Gasteiger partial charge on any atom is 0.124 e. The Morgan fingerprint density at radius 3 is 2.78 bits per heavy atom. The smallest absolute Gasteiger partial charge is 0.124 e. The van der Waals surface area contributed by atoms with E-state index in [0.29, 0.717) is 5.92 Å². The van der Waals surface area contributed by atoms with Gasteiger partial charge in [-0.05, 0) is 44.2 Å². The number of hydrogen-bond donors (Lipinski definition) is 1. The van der Waals surface area contributed by atoms with E-state index in [4.69, 9.17) is 15.2 Å². The van der Waals surface area contributed by atoms with Crippen LogP contribution >= 0.6 is 0 Å². The fraction of sp³-hybridized carbons (Fsp3) is 0.600. The van der Waals surface area contributed by atoms with Gasteiger partial charge >= 0.3 is 0 Å². The van der Waals surface area contributed by atoms with Gasteiger partial charge in [0, 0.05) is 24.8 Å². The fourth-order valence-electron chi connectivity index (χ4n) is 2.26. The zero-order valence-corrected chi connectivity index (χ0v) is 11.3. The molecule has 3 nitrogen and oxygen atoms in total. The summed E-state index contributed by atoms with van der Waals surface area (Å²) < 4.78 is 11.3. The zero-order valence-electron chi connectivity index (χ0n) is 11.3. The highest BCUT2D eigenvalue weighted by molar-refractivity contribution is 5.38. The molecule has 0 aliphatic carbocycles. The van der Waals surface area contributed by atoms with Crippen molar-refractivity contribution in [2.75, 3.05) is 19.8 Å². The lowest BCUT2D eigenvalue weighted by Gasteiger charge is -2.23. The van der Waals surface area contributed by atoms with Crippen molar-refractivity contribution in [3.63, 3.8) is 0 Å². The molecule has 0 unspecified atom stereocenters. The van der Waals surface area contributed by atoms with Crippen molar-refractivity contribution < 1.29 is 9.47 Å². The first kappa shape index (κ1) is 13.4. The van der Waals surface area contributed by atoms with Gasteiger partial charge in [-0.25, -0.2) is 0 Å². The molecule has 100 valence electrons. The third-order valence-electron chi connectivity index (χ3n) is 3.48. The molecule has 1 heterocycles. The summed E-state index contributed by atoms with van der Waals surface area (Å²) in [7, 11) is 0. The van der Waals surface area contributed by atoms with Crippen LogP contribution in [-0.2, 0) is 4.74 Å². The molecule has 1 saturated heterocycles. The van der Waals surface area contributed by atoms with Gasteiger partial charge in [-0.15, -0.1) is 0 Å². The Morgan fingerprint density at radius 2 is 2.11 bits per heavy atom. The second kappa shape index (κ2) is 6.21. The Kier molecular flexibility index (Phi) is 4.61. The van der Waals surface area contributed by atoms with Gasteiger partial charge in [0.25, 0.3) is 0 Å². The molecule has 1 atom stereocenters. The van der Waals surface area contributed by atoms with Crippen molar-refractivity contribution in [3.05, 3.63) is 29.3 Å². The summed E-state index contributed by atoms with van der Waals surface area (Å²) in [6.07, 6.45) is 2.19. The van der Waals surface area contributed by atoms with Gasteiger partial charge in [0.1, 0.15) is 5.75 Å². The monoisotopic (exact) mass is 249 g/mol. The SMILES string of the molecule is Cc1ccc([C@@H](C)N)c(OCC2CCOCC2)c1. The van der Waals surface area contributed by atoms with Gasteiger partial charge in [-0.2, -0.15) is 0 Å². The van der Waals surface area contributed by atoms with E-state index in [-0.39, 0.29) is 6.04 Å². The average Bonchev–Trinajstić information content (AvgIpc) is 2.37. The summed E-state index contributed by atoms with van der Waals surface area (Å²) in [5.41, 5.74) is 8.27. The Labute approximate surface area is 109 Å². The molecule has 2 N–H and O–H groups in total. The average molecular weight is 249 g/mol. The third kappa shape index (κ3) is 3.47. The molecule has 1 fully saturated rings. The minimum Gasteiger partial charge on any atom is -0.493 e. The predicted molar refractivity (Wildman–Crippen MR) is 72.8 cm³/mol. The Morgan fingerprint density at radius 1 is 1.39 bits per heavy atom. The van der Waals surface area contributed by atoms with Crippen LogP contribution in [0.5, 0.6) is 5.75 Å². The van der Waals surface area contributed by atoms with E-state index in [1.807, 2.05) is 6.92 Å². The first-order valence-corrected chi connectivity index (χ1v) is 6.73. The molecule has 1 aliphatic heterocycles. The molecular formula is C15H23NO2. The number of nitrogens with two attached hydrogens (primary N) is 1. The normalized spacial score (nSPS) is 18.6. The molecule has 0 amide bonds. The van der Waals surface area contributed by atoms with Gasteiger partial charge in [0.2, 0.25) is 0 Å². The summed E-state index contributed by atoms with van der Waals surface area (Å²) >= 11 is 0. The number of hydrogen-bond acceptors (Lipinski definition) is 3. The predicted octanol–water partition coefficient (Wildman–Crippen LogP) is 2.82. The highest BCUT2D eigenvalue weighted by Gasteiger charge is 2.16. The lowest BCUT2D eigenvalue weighted by atomic mass is 10.0. The number of aryl methyl sites for hydroxylation is 1. The van der Waals surface area contributed by atoms with Crippen molar-refractivity contribution >= 4 is 0 Å². The summed E-state index contributed by atoms with van der Waals surface area (Å²) in [6, 6.07) is 6.24. The molecule has 0 aromatic heterocycles. The Balaban J connectivity index is 2.00. The molecule has 2 rings (SSSR count). The van der Waals surface area contributed by atoms with E-state index in [9.17, 15) is 0 Å². The lowest BCUT2D eigenvalue weighted by molar-refractivity contribution is 0.0495. The number of rotatable bonds is 4. The van der Waals surface area contributed by atoms with E-state index in [1.54, 1.807) is 0 Å². The largest absolute Gasteiger partial charge is 0.493 e. The molecule has 1 aromatic rings. The molecule has 18 heavy (non-hydrogen) atoms. The minimum absolute atomic E-state index is 0.00953. The second-order valence-corrected chi connectivity index (χ2v) is 5.20. The van der Waals surface area contributed by atoms with E-state index >= 15 is 0 Å². The number of benzene rings is 1. The van der Waals surface area contributed by atoms with Gasteiger partial charge in [0.05, 0.1) is 6.61 Å². The minimum atomic E-state index is 0.00953. The van der Waals surface area contributed by atoms with Crippen molar-refractivity contribution in [1.29, 1.82) is 0 Å². The Hall–Kier alpha value is -1.06. The van der Waals surface area contributed by atoms with Gasteiger partial charge in [-0.1, -0.05) is 12.1 Å². The van der Waals surface area contributed by atoms with Crippen LogP contribution < -0.4 is 10.5 Å². The van der Waals surface area contributed by atoms with Crippen molar-refractivity contribution in [2.24, 2.45) is 11.7 Å². The Bertz CT molecular complexity index is 384. The summed E-state index contributed by atoms with van der Waals surface area (Å²) in [4.78, 5) is 0. The standard InChI is InChI=1S/C15H23NO2/c1-11-3-4-14(12(2)16)15(9-11)18-10-13-5-7-17-8-6-13/h3-4,9,12-13H,5-8,10,16H2,1-2H3/t12-/m1/s1. The molecule has 0 radical (unpaired) electrons. The van der Waals surface area contributed by atoms with Crippen LogP contribution in [0.1, 0.15) is 36.9 Å². The fourth-order valence-corrected chi connectivity index (χ4v) is 2.26. The lowest BCUT2D eigenvalue weighted by Crippen LogP contribution is -2.22. The topological polar surface area (TPSA) is 44.5 Å². The van der Waals surface area contributed by atoms with Crippen LogP contribution in [0.25, 0.3) is 0 Å². The van der Waals surface area contributed by atoms with Crippen LogP contribution in [0.15, 0.2) is 18.2 Å². The second-order valence-electron chi connectivity index (χ2n) is 5.20. The van der Waals surface area contributed by atoms with Crippen molar-refractivity contribution in [3.8, 4) is 5.75 Å². The maximum atomic E-state index is 5.98. The molecule has 1 aromatic carbocycles. The molecule has 3 heteroatoms. The van der Waals surface area contributed by atoms with Crippen LogP contribution in [-0.4, -0.2) is 19.8 Å². The molecule has 0 saturated carbocycles. The highest BCUT2D eigenvalue weighted by Crippen LogP contribution is 2.26. The highest BCUT2D eigenvalue weighted by atomic mass is 16.5.